The summed E-state index contributed by atoms with van der Waals surface area (Å²) < 4.78 is 0. The minimum Gasteiger partial charge on any atom is -0.480 e. The number of amides is 2. The second-order valence-corrected chi connectivity index (χ2v) is 7.91. The van der Waals surface area contributed by atoms with Crippen LogP contribution in [0.15, 0.2) is 0 Å². The zero-order valence-corrected chi connectivity index (χ0v) is 13.3. The van der Waals surface area contributed by atoms with Crippen molar-refractivity contribution in [1.82, 2.24) is 10.2 Å². The Morgan fingerprint density at radius 3 is 2.85 bits per heavy atom. The van der Waals surface area contributed by atoms with Crippen LogP contribution in [0.25, 0.3) is 0 Å². The Morgan fingerprint density at radius 2 is 2.20 bits per heavy atom. The normalized spacial score (nSPS) is 30.9. The summed E-state index contributed by atoms with van der Waals surface area (Å²) in [5.74, 6) is 2.49. The van der Waals surface area contributed by atoms with Crippen molar-refractivity contribution < 1.29 is 14.7 Å². The predicted octanol–water partition coefficient (Wildman–Crippen LogP) is 1.73. The number of carboxylic acids is 1. The highest BCUT2D eigenvalue weighted by Gasteiger charge is 2.37. The SMILES string of the molecule is CC1CCCN(C(=O)NCC2CSCCS2)C1C(=O)O. The Hall–Kier alpha value is -0.560. The minimum absolute atomic E-state index is 0.0200. The lowest BCUT2D eigenvalue weighted by molar-refractivity contribution is -0.145. The van der Waals surface area contributed by atoms with E-state index in [0.29, 0.717) is 18.3 Å². The lowest BCUT2D eigenvalue weighted by atomic mass is 9.91. The van der Waals surface area contributed by atoms with Crippen LogP contribution in [0, 0.1) is 5.92 Å². The maximum absolute atomic E-state index is 12.2. The summed E-state index contributed by atoms with van der Waals surface area (Å²) in [7, 11) is 0. The van der Waals surface area contributed by atoms with Crippen molar-refractivity contribution >= 4 is 35.5 Å². The van der Waals surface area contributed by atoms with Crippen LogP contribution in [0.3, 0.4) is 0 Å². The molecule has 7 heteroatoms. The average Bonchev–Trinajstić information content (AvgIpc) is 2.45. The quantitative estimate of drug-likeness (QED) is 0.829. The van der Waals surface area contributed by atoms with E-state index in [2.05, 4.69) is 5.32 Å². The van der Waals surface area contributed by atoms with Crippen molar-refractivity contribution in [3.8, 4) is 0 Å². The van der Waals surface area contributed by atoms with E-state index in [9.17, 15) is 14.7 Å². The molecule has 2 N–H and O–H groups in total. The van der Waals surface area contributed by atoms with Crippen molar-refractivity contribution in [3.05, 3.63) is 0 Å². The summed E-state index contributed by atoms with van der Waals surface area (Å²) >= 11 is 3.81. The third-order valence-electron chi connectivity index (χ3n) is 3.81. The fraction of sp³-hybridized carbons (Fsp3) is 0.846. The molecule has 0 aromatic carbocycles. The Balaban J connectivity index is 1.87. The van der Waals surface area contributed by atoms with Gasteiger partial charge in [0.15, 0.2) is 0 Å². The first-order valence-electron chi connectivity index (χ1n) is 7.06. The predicted molar refractivity (Wildman–Crippen MR) is 83.5 cm³/mol. The fourth-order valence-electron chi connectivity index (χ4n) is 2.75. The molecule has 2 amide bonds. The van der Waals surface area contributed by atoms with Crippen LogP contribution in [0.5, 0.6) is 0 Å². The summed E-state index contributed by atoms with van der Waals surface area (Å²) in [6.45, 7) is 3.08. The number of carboxylic acid groups (broad SMARTS) is 1. The van der Waals surface area contributed by atoms with E-state index in [4.69, 9.17) is 0 Å². The fourth-order valence-corrected chi connectivity index (χ4v) is 5.36. The maximum Gasteiger partial charge on any atom is 0.326 e. The van der Waals surface area contributed by atoms with E-state index in [1.807, 2.05) is 30.4 Å². The molecule has 0 radical (unpaired) electrons. The highest BCUT2D eigenvalue weighted by Crippen LogP contribution is 2.25. The first-order valence-corrected chi connectivity index (χ1v) is 9.26. The van der Waals surface area contributed by atoms with E-state index in [0.717, 1.165) is 24.3 Å². The zero-order valence-electron chi connectivity index (χ0n) is 11.7. The number of nitrogens with one attached hydrogen (secondary N) is 1. The van der Waals surface area contributed by atoms with Crippen LogP contribution in [0.4, 0.5) is 4.79 Å². The number of urea groups is 1. The Morgan fingerprint density at radius 1 is 1.40 bits per heavy atom. The molecule has 0 aliphatic carbocycles. The van der Waals surface area contributed by atoms with E-state index < -0.39 is 12.0 Å². The topological polar surface area (TPSA) is 69.6 Å². The van der Waals surface area contributed by atoms with Crippen LogP contribution in [0.1, 0.15) is 19.8 Å². The van der Waals surface area contributed by atoms with Gasteiger partial charge in [0.1, 0.15) is 6.04 Å². The Labute approximate surface area is 128 Å². The van der Waals surface area contributed by atoms with Gasteiger partial charge in [0.05, 0.1) is 0 Å². The smallest absolute Gasteiger partial charge is 0.326 e. The van der Waals surface area contributed by atoms with Gasteiger partial charge >= 0.3 is 12.0 Å². The van der Waals surface area contributed by atoms with Crippen molar-refractivity contribution in [3.63, 3.8) is 0 Å². The third kappa shape index (κ3) is 3.97. The summed E-state index contributed by atoms with van der Waals surface area (Å²) in [6, 6.07) is -0.905. The standard InChI is InChI=1S/C13H22N2O3S2/c1-9-3-2-4-15(11(9)12(16)17)13(18)14-7-10-8-19-5-6-20-10/h9-11H,2-8H2,1H3,(H,14,18)(H,16,17). The molecule has 3 atom stereocenters. The zero-order chi connectivity index (χ0) is 14.5. The number of likely N-dealkylation sites (tertiary alicyclic amines) is 1. The van der Waals surface area contributed by atoms with Crippen LogP contribution in [-0.4, -0.2) is 63.6 Å². The van der Waals surface area contributed by atoms with Gasteiger partial charge in [-0.2, -0.15) is 23.5 Å². The summed E-state index contributed by atoms with van der Waals surface area (Å²) in [4.78, 5) is 25.1. The number of piperidine rings is 1. The first kappa shape index (κ1) is 15.8. The lowest BCUT2D eigenvalue weighted by Gasteiger charge is -2.37. The molecule has 0 spiro atoms. The Bertz CT molecular complexity index is 362. The number of hydrogen-bond donors (Lipinski definition) is 2. The van der Waals surface area contributed by atoms with Crippen molar-refractivity contribution in [1.29, 1.82) is 0 Å². The van der Waals surface area contributed by atoms with Crippen LogP contribution in [-0.2, 0) is 4.79 Å². The largest absolute Gasteiger partial charge is 0.480 e. The van der Waals surface area contributed by atoms with E-state index in [1.165, 1.54) is 10.7 Å². The van der Waals surface area contributed by atoms with Gasteiger partial charge in [-0.3, -0.25) is 0 Å². The van der Waals surface area contributed by atoms with E-state index >= 15 is 0 Å². The average molecular weight is 318 g/mol. The molecule has 2 rings (SSSR count). The highest BCUT2D eigenvalue weighted by molar-refractivity contribution is 8.06. The highest BCUT2D eigenvalue weighted by atomic mass is 32.2. The second-order valence-electron chi connectivity index (χ2n) is 5.35. The molecule has 2 heterocycles. The molecule has 0 saturated carbocycles. The van der Waals surface area contributed by atoms with Crippen molar-refractivity contribution in [2.24, 2.45) is 5.92 Å². The molecule has 20 heavy (non-hydrogen) atoms. The Kier molecular flexibility index (Phi) is 5.89. The van der Waals surface area contributed by atoms with Gasteiger partial charge in [-0.1, -0.05) is 6.92 Å². The van der Waals surface area contributed by atoms with Crippen LogP contribution >= 0.6 is 23.5 Å². The van der Waals surface area contributed by atoms with Gasteiger partial charge in [0.25, 0.3) is 0 Å². The molecule has 114 valence electrons. The van der Waals surface area contributed by atoms with E-state index in [1.54, 1.807) is 0 Å². The number of nitrogens with zero attached hydrogens (tertiary/aromatic N) is 1. The van der Waals surface area contributed by atoms with Crippen LogP contribution in [0.2, 0.25) is 0 Å². The number of thioether (sulfide) groups is 2. The number of aliphatic carboxylic acids is 1. The second kappa shape index (κ2) is 7.45. The third-order valence-corrected chi connectivity index (χ3v) is 6.66. The summed E-state index contributed by atoms with van der Waals surface area (Å²) in [5, 5.41) is 12.7. The number of hydrogen-bond acceptors (Lipinski definition) is 4. The van der Waals surface area contributed by atoms with Gasteiger partial charge in [0, 0.05) is 35.6 Å². The molecule has 2 fully saturated rings. The van der Waals surface area contributed by atoms with Gasteiger partial charge < -0.3 is 15.3 Å². The monoisotopic (exact) mass is 318 g/mol. The molecular formula is C13H22N2O3S2. The molecular weight excluding hydrogens is 296 g/mol. The summed E-state index contributed by atoms with van der Waals surface area (Å²) in [6.07, 6.45) is 1.75. The molecule has 2 aliphatic rings. The molecule has 2 saturated heterocycles. The first-order chi connectivity index (χ1) is 9.59. The molecule has 3 unspecified atom stereocenters. The van der Waals surface area contributed by atoms with E-state index in [-0.39, 0.29) is 11.9 Å². The minimum atomic E-state index is -0.894. The number of rotatable bonds is 3. The van der Waals surface area contributed by atoms with Gasteiger partial charge in [-0.25, -0.2) is 9.59 Å². The van der Waals surface area contributed by atoms with Crippen LogP contribution < -0.4 is 5.32 Å². The maximum atomic E-state index is 12.2. The van der Waals surface area contributed by atoms with Crippen molar-refractivity contribution in [2.75, 3.05) is 30.3 Å². The van der Waals surface area contributed by atoms with Gasteiger partial charge in [0.2, 0.25) is 0 Å². The molecule has 0 aromatic rings. The number of carbonyl (C=O) groups excluding carboxylic acids is 1. The number of carbonyl (C=O) groups is 2. The van der Waals surface area contributed by atoms with Gasteiger partial charge in [-0.05, 0) is 18.8 Å². The van der Waals surface area contributed by atoms with Crippen molar-refractivity contribution in [2.45, 2.75) is 31.1 Å². The van der Waals surface area contributed by atoms with Gasteiger partial charge in [-0.15, -0.1) is 0 Å². The summed E-state index contributed by atoms with van der Waals surface area (Å²) in [5.41, 5.74) is 0. The molecule has 0 bridgehead atoms. The molecule has 2 aliphatic heterocycles. The molecule has 5 nitrogen and oxygen atoms in total. The molecule has 0 aromatic heterocycles. The lowest BCUT2D eigenvalue weighted by Crippen LogP contribution is -2.55.